The molecular weight excluding hydrogens is 338 g/mol. The van der Waals surface area contributed by atoms with Crippen molar-refractivity contribution in [2.45, 2.75) is 32.1 Å². The topological polar surface area (TPSA) is 97.0 Å². The summed E-state index contributed by atoms with van der Waals surface area (Å²) in [6, 6.07) is 6.87. The maximum absolute atomic E-state index is 11.9. The summed E-state index contributed by atoms with van der Waals surface area (Å²) in [6.45, 7) is 1.36. The van der Waals surface area contributed by atoms with Crippen molar-refractivity contribution in [1.82, 2.24) is 10.6 Å². The van der Waals surface area contributed by atoms with Crippen molar-refractivity contribution in [3.8, 4) is 5.75 Å². The average Bonchev–Trinajstić information content (AvgIpc) is 2.64. The van der Waals surface area contributed by atoms with Crippen molar-refractivity contribution in [3.05, 3.63) is 24.3 Å². The smallest absolute Gasteiger partial charge is 0.406 e. The lowest BCUT2D eigenvalue weighted by atomic mass is 10.2. The fraction of sp³-hybridized carbons (Fsp3) is 0.500. The Hall–Kier alpha value is -2.77. The van der Waals surface area contributed by atoms with E-state index in [1.165, 1.54) is 11.9 Å². The minimum absolute atomic E-state index is 0.251. The highest BCUT2D eigenvalue weighted by Crippen LogP contribution is 2.23. The molecule has 0 radical (unpaired) electrons. The van der Waals surface area contributed by atoms with Crippen LogP contribution in [0.3, 0.4) is 0 Å². The van der Waals surface area contributed by atoms with Gasteiger partial charge in [0.15, 0.2) is 0 Å². The van der Waals surface area contributed by atoms with Crippen LogP contribution in [0.25, 0.3) is 0 Å². The molecule has 2 N–H and O–H groups in total. The molecule has 1 heterocycles. The lowest BCUT2D eigenvalue weighted by Gasteiger charge is -2.26. The second-order valence-corrected chi connectivity index (χ2v) is 5.90. The molecule has 0 aliphatic carbocycles. The molecule has 1 aromatic carbocycles. The Morgan fingerprint density at radius 1 is 1.19 bits per heavy atom. The average molecular weight is 363 g/mol. The van der Waals surface area contributed by atoms with Crippen LogP contribution in [0.2, 0.25) is 0 Å². The number of unbranched alkanes of at least 4 members (excludes halogenated alkanes) is 3. The van der Waals surface area contributed by atoms with E-state index < -0.39 is 12.1 Å². The number of nitrogens with one attached hydrogen (secondary N) is 2. The lowest BCUT2D eigenvalue weighted by Crippen LogP contribution is -2.49. The van der Waals surface area contributed by atoms with E-state index in [1.54, 1.807) is 6.07 Å². The van der Waals surface area contributed by atoms with Crippen LogP contribution in [-0.2, 0) is 9.53 Å². The number of amides is 4. The van der Waals surface area contributed by atoms with Crippen LogP contribution in [0, 0.1) is 0 Å². The van der Waals surface area contributed by atoms with Gasteiger partial charge >= 0.3 is 12.1 Å². The summed E-state index contributed by atoms with van der Waals surface area (Å²) in [5.41, 5.74) is 0.707. The van der Waals surface area contributed by atoms with Crippen LogP contribution in [0.4, 0.5) is 15.3 Å². The van der Waals surface area contributed by atoms with Gasteiger partial charge in [-0.2, -0.15) is 0 Å². The third-order valence-corrected chi connectivity index (χ3v) is 3.93. The third-order valence-electron chi connectivity index (χ3n) is 3.93. The van der Waals surface area contributed by atoms with Gasteiger partial charge in [-0.15, -0.1) is 0 Å². The molecule has 1 fully saturated rings. The molecule has 0 unspecified atom stereocenters. The van der Waals surface area contributed by atoms with E-state index in [0.717, 1.165) is 25.7 Å². The molecule has 26 heavy (non-hydrogen) atoms. The van der Waals surface area contributed by atoms with Crippen LogP contribution in [0.15, 0.2) is 24.3 Å². The molecular formula is C18H25N3O5. The van der Waals surface area contributed by atoms with E-state index in [1.807, 2.05) is 18.2 Å². The number of benzene rings is 1. The van der Waals surface area contributed by atoms with E-state index in [9.17, 15) is 14.4 Å². The SMILES string of the molecule is CNC(=O)OCCCCCCOc1cccc(N2CCC(=O)NC2=O)c1. The molecule has 142 valence electrons. The van der Waals surface area contributed by atoms with Crippen LogP contribution >= 0.6 is 0 Å². The third kappa shape index (κ3) is 6.27. The van der Waals surface area contributed by atoms with Crippen molar-refractivity contribution in [2.24, 2.45) is 0 Å². The van der Waals surface area contributed by atoms with Crippen LogP contribution < -0.4 is 20.3 Å². The minimum Gasteiger partial charge on any atom is -0.494 e. The zero-order valence-electron chi connectivity index (χ0n) is 15.0. The summed E-state index contributed by atoms with van der Waals surface area (Å²) < 4.78 is 10.6. The predicted molar refractivity (Wildman–Crippen MR) is 96.3 cm³/mol. The van der Waals surface area contributed by atoms with Crippen molar-refractivity contribution in [3.63, 3.8) is 0 Å². The molecule has 8 nitrogen and oxygen atoms in total. The summed E-state index contributed by atoms with van der Waals surface area (Å²) in [5, 5.41) is 4.71. The Bertz CT molecular complexity index is 635. The van der Waals surface area contributed by atoms with E-state index >= 15 is 0 Å². The van der Waals surface area contributed by atoms with Gasteiger partial charge in [0.2, 0.25) is 5.91 Å². The van der Waals surface area contributed by atoms with Crippen molar-refractivity contribution >= 4 is 23.7 Å². The summed E-state index contributed by atoms with van der Waals surface area (Å²) in [6.07, 6.45) is 3.55. The number of carbonyl (C=O) groups excluding carboxylic acids is 3. The summed E-state index contributed by atoms with van der Waals surface area (Å²) in [5.74, 6) is 0.439. The molecule has 0 atom stereocenters. The molecule has 0 bridgehead atoms. The number of hydrogen-bond acceptors (Lipinski definition) is 5. The predicted octanol–water partition coefficient (Wildman–Crippen LogP) is 2.43. The lowest BCUT2D eigenvalue weighted by molar-refractivity contribution is -0.120. The normalized spacial score (nSPS) is 14.0. The molecule has 0 spiro atoms. The molecule has 1 saturated heterocycles. The van der Waals surface area contributed by atoms with Gasteiger partial charge < -0.3 is 14.8 Å². The number of rotatable bonds is 9. The fourth-order valence-corrected chi connectivity index (χ4v) is 2.54. The first-order valence-corrected chi connectivity index (χ1v) is 8.79. The van der Waals surface area contributed by atoms with Crippen LogP contribution in [-0.4, -0.2) is 44.8 Å². The number of alkyl carbamates (subject to hydrolysis) is 1. The number of nitrogens with zero attached hydrogens (tertiary/aromatic N) is 1. The first-order valence-electron chi connectivity index (χ1n) is 8.79. The number of carbonyl (C=O) groups is 3. The Balaban J connectivity index is 1.66. The molecule has 1 aliphatic rings. The van der Waals surface area contributed by atoms with Gasteiger partial charge in [-0.1, -0.05) is 6.07 Å². The van der Waals surface area contributed by atoms with E-state index in [2.05, 4.69) is 10.6 Å². The fourth-order valence-electron chi connectivity index (χ4n) is 2.54. The van der Waals surface area contributed by atoms with Gasteiger partial charge in [-0.3, -0.25) is 15.0 Å². The second kappa shape index (κ2) is 10.3. The molecule has 4 amide bonds. The molecule has 0 saturated carbocycles. The van der Waals surface area contributed by atoms with E-state index in [0.29, 0.717) is 37.6 Å². The highest BCUT2D eigenvalue weighted by atomic mass is 16.5. The maximum Gasteiger partial charge on any atom is 0.406 e. The van der Waals surface area contributed by atoms with Gasteiger partial charge in [-0.25, -0.2) is 9.59 Å². The first kappa shape index (κ1) is 19.6. The second-order valence-electron chi connectivity index (χ2n) is 5.90. The number of imide groups is 1. The van der Waals surface area contributed by atoms with E-state index in [-0.39, 0.29) is 5.91 Å². The number of hydrogen-bond donors (Lipinski definition) is 2. The largest absolute Gasteiger partial charge is 0.494 e. The molecule has 0 aromatic heterocycles. The molecule has 8 heteroatoms. The Labute approximate surface area is 152 Å². The van der Waals surface area contributed by atoms with Crippen molar-refractivity contribution < 1.29 is 23.9 Å². The quantitative estimate of drug-likeness (QED) is 0.657. The van der Waals surface area contributed by atoms with Gasteiger partial charge in [0, 0.05) is 31.8 Å². The Morgan fingerprint density at radius 2 is 1.96 bits per heavy atom. The van der Waals surface area contributed by atoms with Gasteiger partial charge in [-0.05, 0) is 37.8 Å². The zero-order valence-corrected chi connectivity index (χ0v) is 15.0. The highest BCUT2D eigenvalue weighted by Gasteiger charge is 2.24. The summed E-state index contributed by atoms with van der Waals surface area (Å²) in [4.78, 5) is 35.5. The van der Waals surface area contributed by atoms with Crippen molar-refractivity contribution in [2.75, 3.05) is 31.7 Å². The molecule has 1 aliphatic heterocycles. The zero-order chi connectivity index (χ0) is 18.8. The standard InChI is InChI=1S/C18H25N3O5/c1-19-18(24)26-12-5-3-2-4-11-25-15-8-6-7-14(13-15)21-10-9-16(22)20-17(21)23/h6-8,13H,2-5,9-12H2,1H3,(H,19,24)(H,20,22,23). The maximum atomic E-state index is 11.9. The molecule has 2 rings (SSSR count). The van der Waals surface area contributed by atoms with Gasteiger partial charge in [0.1, 0.15) is 5.75 Å². The number of anilines is 1. The van der Waals surface area contributed by atoms with Crippen LogP contribution in [0.1, 0.15) is 32.1 Å². The van der Waals surface area contributed by atoms with E-state index in [4.69, 9.17) is 9.47 Å². The molecule has 1 aromatic rings. The number of ether oxygens (including phenoxy) is 2. The first-order chi connectivity index (χ1) is 12.6. The monoisotopic (exact) mass is 363 g/mol. The van der Waals surface area contributed by atoms with Crippen molar-refractivity contribution in [1.29, 1.82) is 0 Å². The van der Waals surface area contributed by atoms with Gasteiger partial charge in [0.25, 0.3) is 0 Å². The van der Waals surface area contributed by atoms with Crippen LogP contribution in [0.5, 0.6) is 5.75 Å². The Kier molecular flexibility index (Phi) is 7.73. The summed E-state index contributed by atoms with van der Waals surface area (Å²) >= 11 is 0. The Morgan fingerprint density at radius 3 is 2.69 bits per heavy atom. The highest BCUT2D eigenvalue weighted by molar-refractivity contribution is 6.05. The summed E-state index contributed by atoms with van der Waals surface area (Å²) in [7, 11) is 1.53. The minimum atomic E-state index is -0.405. The van der Waals surface area contributed by atoms with Gasteiger partial charge in [0.05, 0.1) is 13.2 Å². The number of urea groups is 1.